The molecule has 2 aromatic rings. The van der Waals surface area contributed by atoms with Crippen LogP contribution in [0.3, 0.4) is 0 Å². The lowest BCUT2D eigenvalue weighted by atomic mass is 10.1. The van der Waals surface area contributed by atoms with Gasteiger partial charge in [-0.25, -0.2) is 0 Å². The first kappa shape index (κ1) is 19.8. The van der Waals surface area contributed by atoms with Crippen LogP contribution in [0.5, 0.6) is 5.75 Å². The van der Waals surface area contributed by atoms with Gasteiger partial charge >= 0.3 is 11.8 Å². The molecule has 0 heterocycles. The van der Waals surface area contributed by atoms with Crippen LogP contribution in [0.4, 0.5) is 5.69 Å². The van der Waals surface area contributed by atoms with Gasteiger partial charge in [0.2, 0.25) is 0 Å². The van der Waals surface area contributed by atoms with Gasteiger partial charge in [0.15, 0.2) is 0 Å². The molecular weight excluding hydrogens is 356 g/mol. The molecule has 0 aromatic heterocycles. The number of rotatable bonds is 6. The molecule has 0 fully saturated rings. The van der Waals surface area contributed by atoms with Gasteiger partial charge in [-0.15, -0.1) is 0 Å². The van der Waals surface area contributed by atoms with Crippen LogP contribution in [0.1, 0.15) is 17.2 Å². The van der Waals surface area contributed by atoms with E-state index >= 15 is 0 Å². The molecule has 2 N–H and O–H groups in total. The van der Waals surface area contributed by atoms with Crippen molar-refractivity contribution in [1.82, 2.24) is 5.32 Å². The lowest BCUT2D eigenvalue weighted by Crippen LogP contribution is -2.38. The van der Waals surface area contributed by atoms with Crippen LogP contribution in [-0.2, 0) is 14.3 Å². The first-order valence-electron chi connectivity index (χ1n) is 7.97. The Balaban J connectivity index is 2.00. The average Bonchev–Trinajstić information content (AvgIpc) is 2.65. The highest BCUT2D eigenvalue weighted by atomic mass is 35.5. The quantitative estimate of drug-likeness (QED) is 0.759. The molecule has 26 heavy (non-hydrogen) atoms. The van der Waals surface area contributed by atoms with E-state index in [4.69, 9.17) is 21.1 Å². The zero-order chi connectivity index (χ0) is 19.1. The SMILES string of the molecule is COc1ccccc1C(CNC(=O)C(=O)Nc1cc(Cl)ccc1C)OC. The summed E-state index contributed by atoms with van der Waals surface area (Å²) in [6.07, 6.45) is -0.448. The van der Waals surface area contributed by atoms with Gasteiger partial charge in [-0.2, -0.15) is 0 Å². The van der Waals surface area contributed by atoms with Gasteiger partial charge in [-0.1, -0.05) is 35.9 Å². The normalized spacial score (nSPS) is 11.5. The first-order valence-corrected chi connectivity index (χ1v) is 8.35. The zero-order valence-corrected chi connectivity index (χ0v) is 15.6. The second kappa shape index (κ2) is 9.22. The molecule has 1 atom stereocenters. The Morgan fingerprint density at radius 1 is 1.12 bits per heavy atom. The van der Waals surface area contributed by atoms with Gasteiger partial charge in [-0.3, -0.25) is 9.59 Å². The van der Waals surface area contributed by atoms with Crippen LogP contribution in [0.15, 0.2) is 42.5 Å². The van der Waals surface area contributed by atoms with E-state index in [0.717, 1.165) is 11.1 Å². The van der Waals surface area contributed by atoms with Crippen molar-refractivity contribution < 1.29 is 19.1 Å². The molecule has 0 saturated carbocycles. The maximum Gasteiger partial charge on any atom is 0.313 e. The molecule has 7 heteroatoms. The van der Waals surface area contributed by atoms with Gasteiger partial charge in [0.1, 0.15) is 11.9 Å². The molecule has 0 saturated heterocycles. The van der Waals surface area contributed by atoms with Crippen LogP contribution in [0.2, 0.25) is 5.02 Å². The summed E-state index contributed by atoms with van der Waals surface area (Å²) in [5.41, 5.74) is 2.08. The van der Waals surface area contributed by atoms with Crippen LogP contribution < -0.4 is 15.4 Å². The van der Waals surface area contributed by atoms with Crippen molar-refractivity contribution >= 4 is 29.1 Å². The van der Waals surface area contributed by atoms with Crippen LogP contribution in [-0.4, -0.2) is 32.6 Å². The molecular formula is C19H21ClN2O4. The molecule has 6 nitrogen and oxygen atoms in total. The van der Waals surface area contributed by atoms with E-state index in [-0.39, 0.29) is 6.54 Å². The summed E-state index contributed by atoms with van der Waals surface area (Å²) in [6, 6.07) is 12.4. The molecule has 0 aliphatic rings. The number of halogens is 1. The third-order valence-corrected chi connectivity index (χ3v) is 4.11. The van der Waals surface area contributed by atoms with Crippen molar-refractivity contribution in [1.29, 1.82) is 0 Å². The highest BCUT2D eigenvalue weighted by Crippen LogP contribution is 2.26. The number of benzene rings is 2. The number of carbonyl (C=O) groups is 2. The maximum absolute atomic E-state index is 12.1. The predicted octanol–water partition coefficient (Wildman–Crippen LogP) is 3.10. The number of aryl methyl sites for hydroxylation is 1. The minimum absolute atomic E-state index is 0.123. The minimum atomic E-state index is -0.773. The number of methoxy groups -OCH3 is 2. The molecule has 2 rings (SSSR count). The van der Waals surface area contributed by atoms with Crippen molar-refractivity contribution in [3.63, 3.8) is 0 Å². The predicted molar refractivity (Wildman–Crippen MR) is 101 cm³/mol. The standard InChI is InChI=1S/C19H21ClN2O4/c1-12-8-9-13(20)10-15(12)22-19(24)18(23)21-11-17(26-3)14-6-4-5-7-16(14)25-2/h4-10,17H,11H2,1-3H3,(H,21,23)(H,22,24). The number of hydrogen-bond donors (Lipinski definition) is 2. The fraction of sp³-hybridized carbons (Fsp3) is 0.263. The topological polar surface area (TPSA) is 76.7 Å². The highest BCUT2D eigenvalue weighted by Gasteiger charge is 2.20. The van der Waals surface area contributed by atoms with Crippen molar-refractivity contribution in [2.75, 3.05) is 26.1 Å². The molecule has 0 aliphatic heterocycles. The molecule has 0 aliphatic carbocycles. The van der Waals surface area contributed by atoms with Crippen molar-refractivity contribution in [2.45, 2.75) is 13.0 Å². The Kier molecular flexibility index (Phi) is 7.00. The fourth-order valence-corrected chi connectivity index (χ4v) is 2.60. The molecule has 1 unspecified atom stereocenters. The van der Waals surface area contributed by atoms with Gasteiger partial charge < -0.3 is 20.1 Å². The number of ether oxygens (including phenoxy) is 2. The van der Waals surface area contributed by atoms with Gasteiger partial charge in [0.25, 0.3) is 0 Å². The summed E-state index contributed by atoms with van der Waals surface area (Å²) >= 11 is 5.92. The van der Waals surface area contributed by atoms with Crippen LogP contribution in [0.25, 0.3) is 0 Å². The Morgan fingerprint density at radius 2 is 1.85 bits per heavy atom. The largest absolute Gasteiger partial charge is 0.496 e. The van der Waals surface area contributed by atoms with Crippen LogP contribution >= 0.6 is 11.6 Å². The van der Waals surface area contributed by atoms with Crippen molar-refractivity contribution in [3.8, 4) is 5.75 Å². The molecule has 138 valence electrons. The van der Waals surface area contributed by atoms with Crippen molar-refractivity contribution in [3.05, 3.63) is 58.6 Å². The molecule has 0 bridgehead atoms. The zero-order valence-electron chi connectivity index (χ0n) is 14.8. The summed E-state index contributed by atoms with van der Waals surface area (Å²) < 4.78 is 10.7. The minimum Gasteiger partial charge on any atom is -0.496 e. The fourth-order valence-electron chi connectivity index (χ4n) is 2.43. The summed E-state index contributed by atoms with van der Waals surface area (Å²) in [4.78, 5) is 24.2. The summed E-state index contributed by atoms with van der Waals surface area (Å²) in [6.45, 7) is 1.93. The Hall–Kier alpha value is -2.57. The van der Waals surface area contributed by atoms with Gasteiger partial charge in [0, 0.05) is 29.9 Å². The Morgan fingerprint density at radius 3 is 2.54 bits per heavy atom. The van der Waals surface area contributed by atoms with E-state index in [0.29, 0.717) is 16.5 Å². The number of nitrogens with one attached hydrogen (secondary N) is 2. The van der Waals surface area contributed by atoms with Crippen LogP contribution in [0, 0.1) is 6.92 Å². The lowest BCUT2D eigenvalue weighted by Gasteiger charge is -2.19. The Labute approximate surface area is 157 Å². The Bertz CT molecular complexity index is 795. The summed E-state index contributed by atoms with van der Waals surface area (Å²) in [5.74, 6) is -0.890. The second-order valence-electron chi connectivity index (χ2n) is 5.59. The maximum atomic E-state index is 12.1. The monoisotopic (exact) mass is 376 g/mol. The molecule has 2 amide bonds. The third kappa shape index (κ3) is 4.97. The van der Waals surface area contributed by atoms with E-state index in [1.165, 1.54) is 7.11 Å². The van der Waals surface area contributed by atoms with Gasteiger partial charge in [0.05, 0.1) is 7.11 Å². The molecule has 2 aromatic carbocycles. The molecule has 0 radical (unpaired) electrons. The number of para-hydroxylation sites is 1. The lowest BCUT2D eigenvalue weighted by molar-refractivity contribution is -0.136. The number of anilines is 1. The smallest absolute Gasteiger partial charge is 0.313 e. The number of amides is 2. The van der Waals surface area contributed by atoms with E-state index < -0.39 is 17.9 Å². The number of hydrogen-bond acceptors (Lipinski definition) is 4. The van der Waals surface area contributed by atoms with Crippen molar-refractivity contribution in [2.24, 2.45) is 0 Å². The number of carbonyl (C=O) groups excluding carboxylic acids is 2. The molecule has 0 spiro atoms. The van der Waals surface area contributed by atoms with Gasteiger partial charge in [-0.05, 0) is 30.7 Å². The van der Waals surface area contributed by atoms with E-state index in [2.05, 4.69) is 10.6 Å². The van der Waals surface area contributed by atoms with E-state index in [1.54, 1.807) is 31.4 Å². The van der Waals surface area contributed by atoms with E-state index in [9.17, 15) is 9.59 Å². The second-order valence-corrected chi connectivity index (χ2v) is 6.03. The highest BCUT2D eigenvalue weighted by molar-refractivity contribution is 6.40. The summed E-state index contributed by atoms with van der Waals surface area (Å²) in [5, 5.41) is 5.60. The third-order valence-electron chi connectivity index (χ3n) is 3.87. The average molecular weight is 377 g/mol. The summed E-state index contributed by atoms with van der Waals surface area (Å²) in [7, 11) is 3.09. The van der Waals surface area contributed by atoms with E-state index in [1.807, 2.05) is 25.1 Å². The first-order chi connectivity index (χ1) is 12.5.